The van der Waals surface area contributed by atoms with Crippen molar-refractivity contribution in [2.24, 2.45) is 0 Å². The summed E-state index contributed by atoms with van der Waals surface area (Å²) >= 11 is 0. The first-order valence-corrected chi connectivity index (χ1v) is 8.01. The highest BCUT2D eigenvalue weighted by Crippen LogP contribution is 2.23. The molecular weight excluding hydrogens is 254 g/mol. The minimum absolute atomic E-state index is 0.0764. The van der Waals surface area contributed by atoms with Gasteiger partial charge in [0, 0.05) is 38.8 Å². The molecular formula is C11H23N3O3S. The van der Waals surface area contributed by atoms with Gasteiger partial charge in [-0.1, -0.05) is 6.42 Å². The zero-order valence-corrected chi connectivity index (χ0v) is 11.8. The molecule has 7 heteroatoms. The smallest absolute Gasteiger partial charge is 0.282 e. The van der Waals surface area contributed by atoms with Gasteiger partial charge in [-0.25, -0.2) is 0 Å². The van der Waals surface area contributed by atoms with Gasteiger partial charge < -0.3 is 10.0 Å². The van der Waals surface area contributed by atoms with Crippen molar-refractivity contribution in [3.63, 3.8) is 0 Å². The van der Waals surface area contributed by atoms with Crippen LogP contribution in [-0.4, -0.2) is 79.5 Å². The summed E-state index contributed by atoms with van der Waals surface area (Å²) in [5.74, 6) is 0. The quantitative estimate of drug-likeness (QED) is 0.743. The lowest BCUT2D eigenvalue weighted by molar-refractivity contribution is 0.140. The molecule has 6 nitrogen and oxygen atoms in total. The summed E-state index contributed by atoms with van der Waals surface area (Å²) < 4.78 is 28.1. The van der Waals surface area contributed by atoms with Gasteiger partial charge in [0.15, 0.2) is 0 Å². The Hall–Kier alpha value is -0.210. The molecule has 0 spiro atoms. The lowest BCUT2D eigenvalue weighted by Crippen LogP contribution is -2.56. The lowest BCUT2D eigenvalue weighted by Gasteiger charge is -2.39. The molecule has 0 aromatic heterocycles. The first-order valence-electron chi connectivity index (χ1n) is 6.62. The van der Waals surface area contributed by atoms with Crippen molar-refractivity contribution < 1.29 is 13.5 Å². The summed E-state index contributed by atoms with van der Waals surface area (Å²) in [6, 6.07) is -0.233. The van der Waals surface area contributed by atoms with Gasteiger partial charge in [-0.2, -0.15) is 17.0 Å². The van der Waals surface area contributed by atoms with Crippen LogP contribution in [0, 0.1) is 0 Å². The van der Waals surface area contributed by atoms with Crippen LogP contribution in [0.4, 0.5) is 0 Å². The summed E-state index contributed by atoms with van der Waals surface area (Å²) in [5.41, 5.74) is 0. The number of hydrogen-bond acceptors (Lipinski definition) is 4. The molecule has 0 aromatic carbocycles. The maximum Gasteiger partial charge on any atom is 0.282 e. The second-order valence-corrected chi connectivity index (χ2v) is 7.03. The zero-order valence-electron chi connectivity index (χ0n) is 11.0. The number of rotatable bonds is 3. The van der Waals surface area contributed by atoms with Crippen molar-refractivity contribution in [1.29, 1.82) is 0 Å². The molecule has 106 valence electrons. The summed E-state index contributed by atoms with van der Waals surface area (Å²) in [4.78, 5) is 2.13. The maximum absolute atomic E-state index is 12.5. The topological polar surface area (TPSA) is 64.1 Å². The number of likely N-dealkylation sites (N-methyl/N-ethyl adjacent to an activating group) is 1. The highest BCUT2D eigenvalue weighted by molar-refractivity contribution is 7.86. The second kappa shape index (κ2) is 5.83. The van der Waals surface area contributed by atoms with Crippen LogP contribution in [0.1, 0.15) is 19.3 Å². The highest BCUT2D eigenvalue weighted by Gasteiger charge is 2.37. The van der Waals surface area contributed by atoms with E-state index < -0.39 is 10.2 Å². The van der Waals surface area contributed by atoms with E-state index in [4.69, 9.17) is 0 Å². The third-order valence-electron chi connectivity index (χ3n) is 3.87. The SMILES string of the molecule is CN1CCN(S(=O)(=O)N2CCCCC2CO)CC1. The minimum atomic E-state index is -3.39. The minimum Gasteiger partial charge on any atom is -0.395 e. The van der Waals surface area contributed by atoms with Gasteiger partial charge in [0.2, 0.25) is 0 Å². The number of aliphatic hydroxyl groups is 1. The van der Waals surface area contributed by atoms with Crippen LogP contribution < -0.4 is 0 Å². The molecule has 0 aromatic rings. The van der Waals surface area contributed by atoms with E-state index in [2.05, 4.69) is 4.90 Å². The Kier molecular flexibility index (Phi) is 4.60. The van der Waals surface area contributed by atoms with Crippen molar-refractivity contribution in [2.75, 3.05) is 46.4 Å². The van der Waals surface area contributed by atoms with Crippen LogP contribution in [0.15, 0.2) is 0 Å². The molecule has 2 rings (SSSR count). The Bertz CT molecular complexity index is 366. The van der Waals surface area contributed by atoms with Crippen molar-refractivity contribution >= 4 is 10.2 Å². The summed E-state index contributed by atoms with van der Waals surface area (Å²) in [6.07, 6.45) is 2.66. The van der Waals surface area contributed by atoms with E-state index in [1.807, 2.05) is 7.05 Å². The first-order chi connectivity index (χ1) is 8.55. The van der Waals surface area contributed by atoms with Crippen LogP contribution in [0.2, 0.25) is 0 Å². The molecule has 1 unspecified atom stereocenters. The van der Waals surface area contributed by atoms with E-state index in [-0.39, 0.29) is 12.6 Å². The standard InChI is InChI=1S/C11H23N3O3S/c1-12-6-8-13(9-7-12)18(16,17)14-5-3-2-4-11(14)10-15/h11,15H,2-10H2,1H3. The van der Waals surface area contributed by atoms with Gasteiger partial charge in [-0.3, -0.25) is 0 Å². The molecule has 0 bridgehead atoms. The molecule has 0 amide bonds. The van der Waals surface area contributed by atoms with Gasteiger partial charge in [-0.15, -0.1) is 0 Å². The lowest BCUT2D eigenvalue weighted by atomic mass is 10.1. The predicted octanol–water partition coefficient (Wildman–Crippen LogP) is -0.675. The molecule has 2 aliphatic heterocycles. The molecule has 2 heterocycles. The van der Waals surface area contributed by atoms with Crippen molar-refractivity contribution in [3.8, 4) is 0 Å². The van der Waals surface area contributed by atoms with E-state index in [1.165, 1.54) is 4.31 Å². The van der Waals surface area contributed by atoms with Gasteiger partial charge in [-0.05, 0) is 19.9 Å². The van der Waals surface area contributed by atoms with Gasteiger partial charge in [0.25, 0.3) is 10.2 Å². The van der Waals surface area contributed by atoms with Crippen molar-refractivity contribution in [3.05, 3.63) is 0 Å². The molecule has 1 atom stereocenters. The Morgan fingerprint density at radius 2 is 1.78 bits per heavy atom. The van der Waals surface area contributed by atoms with Gasteiger partial charge in [0.1, 0.15) is 0 Å². The third kappa shape index (κ3) is 2.85. The largest absolute Gasteiger partial charge is 0.395 e. The van der Waals surface area contributed by atoms with Crippen LogP contribution >= 0.6 is 0 Å². The van der Waals surface area contributed by atoms with E-state index in [0.29, 0.717) is 19.6 Å². The van der Waals surface area contributed by atoms with E-state index in [1.54, 1.807) is 4.31 Å². The molecule has 0 radical (unpaired) electrons. The van der Waals surface area contributed by atoms with Crippen LogP contribution in [0.5, 0.6) is 0 Å². The summed E-state index contributed by atoms with van der Waals surface area (Å²) in [7, 11) is -1.39. The average Bonchev–Trinajstić information content (AvgIpc) is 2.39. The molecule has 0 saturated carbocycles. The van der Waals surface area contributed by atoms with Crippen LogP contribution in [0.25, 0.3) is 0 Å². The maximum atomic E-state index is 12.5. The fourth-order valence-electron chi connectivity index (χ4n) is 2.63. The Morgan fingerprint density at radius 3 is 2.39 bits per heavy atom. The zero-order chi connectivity index (χ0) is 13.2. The molecule has 2 aliphatic rings. The number of piperazine rings is 1. The molecule has 0 aliphatic carbocycles. The first kappa shape index (κ1) is 14.2. The molecule has 2 saturated heterocycles. The molecule has 2 fully saturated rings. The van der Waals surface area contributed by atoms with E-state index in [0.717, 1.165) is 32.4 Å². The van der Waals surface area contributed by atoms with E-state index in [9.17, 15) is 13.5 Å². The Labute approximate surface area is 109 Å². The predicted molar refractivity (Wildman–Crippen MR) is 69.4 cm³/mol. The Balaban J connectivity index is 2.09. The number of hydrogen-bond donors (Lipinski definition) is 1. The van der Waals surface area contributed by atoms with Gasteiger partial charge >= 0.3 is 0 Å². The highest BCUT2D eigenvalue weighted by atomic mass is 32.2. The van der Waals surface area contributed by atoms with Crippen molar-refractivity contribution in [1.82, 2.24) is 13.5 Å². The number of piperidine rings is 1. The summed E-state index contributed by atoms with van der Waals surface area (Å²) in [5, 5.41) is 9.33. The fraction of sp³-hybridized carbons (Fsp3) is 1.00. The average molecular weight is 277 g/mol. The second-order valence-electron chi connectivity index (χ2n) is 5.15. The normalized spacial score (nSPS) is 29.6. The fourth-order valence-corrected chi connectivity index (χ4v) is 4.46. The molecule has 18 heavy (non-hydrogen) atoms. The van der Waals surface area contributed by atoms with Crippen LogP contribution in [0.3, 0.4) is 0 Å². The van der Waals surface area contributed by atoms with Crippen molar-refractivity contribution in [2.45, 2.75) is 25.3 Å². The third-order valence-corrected chi connectivity index (χ3v) is 5.96. The Morgan fingerprint density at radius 1 is 1.11 bits per heavy atom. The van der Waals surface area contributed by atoms with E-state index >= 15 is 0 Å². The monoisotopic (exact) mass is 277 g/mol. The van der Waals surface area contributed by atoms with Gasteiger partial charge in [0.05, 0.1) is 6.61 Å². The number of aliphatic hydroxyl groups excluding tert-OH is 1. The van der Waals surface area contributed by atoms with Crippen LogP contribution in [-0.2, 0) is 10.2 Å². The number of nitrogens with zero attached hydrogens (tertiary/aromatic N) is 3. The molecule has 1 N–H and O–H groups in total. The summed E-state index contributed by atoms with van der Waals surface area (Å²) in [6.45, 7) is 3.11.